The van der Waals surface area contributed by atoms with E-state index in [0.717, 1.165) is 5.75 Å². The molecule has 0 spiro atoms. The van der Waals surface area contributed by atoms with Gasteiger partial charge in [0, 0.05) is 5.75 Å². The molecule has 0 aromatic heterocycles. The fourth-order valence-corrected chi connectivity index (χ4v) is 1.28. The highest BCUT2D eigenvalue weighted by Crippen LogP contribution is 2.07. The largest absolute Gasteiger partial charge is 0.247 e. The molecule has 2 heteroatoms. The van der Waals surface area contributed by atoms with Crippen molar-refractivity contribution in [1.29, 1.82) is 0 Å². The normalized spacial score (nSPS) is 11.9. The van der Waals surface area contributed by atoms with Crippen molar-refractivity contribution in [2.24, 2.45) is 0 Å². The maximum atomic E-state index is 12.5. The number of halogens is 1. The Morgan fingerprint density at radius 1 is 1.60 bits per heavy atom. The van der Waals surface area contributed by atoms with Gasteiger partial charge in [0.05, 0.1) is 5.75 Å². The van der Waals surface area contributed by atoms with Gasteiger partial charge in [-0.25, -0.2) is 4.39 Å². The first-order valence-electron chi connectivity index (χ1n) is 3.42. The molecule has 0 aromatic carbocycles. The average Bonchev–Trinajstić information content (AvgIpc) is 1.98. The van der Waals surface area contributed by atoms with Crippen molar-refractivity contribution in [3.05, 3.63) is 0 Å². The lowest BCUT2D eigenvalue weighted by Crippen LogP contribution is -2.00. The molecule has 0 saturated carbocycles. The predicted molar refractivity (Wildman–Crippen MR) is 46.0 cm³/mol. The maximum absolute atomic E-state index is 12.5. The summed E-state index contributed by atoms with van der Waals surface area (Å²) in [4.78, 5) is 0. The fourth-order valence-electron chi connectivity index (χ4n) is 0.428. The zero-order chi connectivity index (χ0) is 7.82. The Labute approximate surface area is 66.6 Å². The molecule has 0 aliphatic heterocycles. The molecule has 0 amide bonds. The molecular weight excluding hydrogens is 147 g/mol. The van der Waals surface area contributed by atoms with Gasteiger partial charge in [-0.05, 0) is 13.3 Å². The third-order valence-corrected chi connectivity index (χ3v) is 2.04. The third-order valence-electron chi connectivity index (χ3n) is 1.09. The third kappa shape index (κ3) is 5.97. The highest BCUT2D eigenvalue weighted by molar-refractivity contribution is 7.99. The minimum atomic E-state index is -0.649. The standard InChI is InChI=1S/C8H13FS/c1-3-5-6-10-7-8(9)4-2/h8H,4,6-7H2,1-2H3. The first-order valence-corrected chi connectivity index (χ1v) is 4.58. The Kier molecular flexibility index (Phi) is 6.84. The Hall–Kier alpha value is -0.160. The van der Waals surface area contributed by atoms with E-state index in [1.165, 1.54) is 0 Å². The van der Waals surface area contributed by atoms with Gasteiger partial charge in [0.1, 0.15) is 6.17 Å². The van der Waals surface area contributed by atoms with E-state index in [0.29, 0.717) is 12.2 Å². The summed E-state index contributed by atoms with van der Waals surface area (Å²) in [6.45, 7) is 3.66. The second-order valence-corrected chi connectivity index (χ2v) is 2.98. The van der Waals surface area contributed by atoms with E-state index in [2.05, 4.69) is 11.8 Å². The summed E-state index contributed by atoms with van der Waals surface area (Å²) in [5, 5.41) is 0. The van der Waals surface area contributed by atoms with Crippen LogP contribution in [0.5, 0.6) is 0 Å². The van der Waals surface area contributed by atoms with Crippen LogP contribution in [0.1, 0.15) is 20.3 Å². The zero-order valence-corrected chi connectivity index (χ0v) is 7.30. The van der Waals surface area contributed by atoms with Crippen LogP contribution in [0.2, 0.25) is 0 Å². The summed E-state index contributed by atoms with van der Waals surface area (Å²) in [5.41, 5.74) is 0. The molecular formula is C8H13FS. The smallest absolute Gasteiger partial charge is 0.109 e. The van der Waals surface area contributed by atoms with Crippen molar-refractivity contribution >= 4 is 11.8 Å². The van der Waals surface area contributed by atoms with Gasteiger partial charge >= 0.3 is 0 Å². The maximum Gasteiger partial charge on any atom is 0.109 e. The van der Waals surface area contributed by atoms with Gasteiger partial charge in [-0.3, -0.25) is 0 Å². The predicted octanol–water partition coefficient (Wildman–Crippen LogP) is 2.49. The molecule has 0 aliphatic rings. The average molecular weight is 160 g/mol. The van der Waals surface area contributed by atoms with E-state index in [1.54, 1.807) is 18.7 Å². The van der Waals surface area contributed by atoms with Crippen LogP contribution in [0.4, 0.5) is 4.39 Å². The summed E-state index contributed by atoms with van der Waals surface area (Å²) in [5.74, 6) is 6.99. The molecule has 0 aromatic rings. The first kappa shape index (κ1) is 9.84. The van der Waals surface area contributed by atoms with Gasteiger partial charge in [-0.1, -0.05) is 12.8 Å². The molecule has 0 fully saturated rings. The molecule has 10 heavy (non-hydrogen) atoms. The molecule has 1 atom stereocenters. The Morgan fingerprint density at radius 2 is 2.30 bits per heavy atom. The highest BCUT2D eigenvalue weighted by Gasteiger charge is 2.00. The van der Waals surface area contributed by atoms with Gasteiger partial charge in [-0.2, -0.15) is 0 Å². The molecule has 0 bridgehead atoms. The van der Waals surface area contributed by atoms with Crippen LogP contribution in [0, 0.1) is 11.8 Å². The number of thioether (sulfide) groups is 1. The molecule has 58 valence electrons. The van der Waals surface area contributed by atoms with Crippen LogP contribution in [0.25, 0.3) is 0 Å². The van der Waals surface area contributed by atoms with Crippen molar-refractivity contribution < 1.29 is 4.39 Å². The summed E-state index contributed by atoms with van der Waals surface area (Å²) in [6, 6.07) is 0. The zero-order valence-electron chi connectivity index (χ0n) is 6.48. The van der Waals surface area contributed by atoms with Crippen LogP contribution in [-0.4, -0.2) is 17.7 Å². The summed E-state index contributed by atoms with van der Waals surface area (Å²) in [6.07, 6.45) is -0.0318. The van der Waals surface area contributed by atoms with Crippen LogP contribution in [-0.2, 0) is 0 Å². The fraction of sp³-hybridized carbons (Fsp3) is 0.750. The monoisotopic (exact) mass is 160 g/mol. The number of rotatable bonds is 4. The SMILES string of the molecule is CC#CCSCC(F)CC. The topological polar surface area (TPSA) is 0 Å². The van der Waals surface area contributed by atoms with Crippen molar-refractivity contribution in [3.63, 3.8) is 0 Å². The van der Waals surface area contributed by atoms with Gasteiger partial charge in [0.25, 0.3) is 0 Å². The Balaban J connectivity index is 3.08. The molecule has 0 heterocycles. The Morgan fingerprint density at radius 3 is 2.80 bits per heavy atom. The van der Waals surface area contributed by atoms with E-state index in [-0.39, 0.29) is 0 Å². The molecule has 0 aliphatic carbocycles. The lowest BCUT2D eigenvalue weighted by Gasteiger charge is -2.00. The van der Waals surface area contributed by atoms with E-state index in [9.17, 15) is 4.39 Å². The van der Waals surface area contributed by atoms with Gasteiger partial charge < -0.3 is 0 Å². The summed E-state index contributed by atoms with van der Waals surface area (Å²) >= 11 is 1.56. The molecule has 0 saturated heterocycles. The van der Waals surface area contributed by atoms with E-state index >= 15 is 0 Å². The lowest BCUT2D eigenvalue weighted by molar-refractivity contribution is 0.359. The molecule has 0 nitrogen and oxygen atoms in total. The second-order valence-electron chi connectivity index (χ2n) is 1.95. The van der Waals surface area contributed by atoms with Crippen LogP contribution in [0.15, 0.2) is 0 Å². The van der Waals surface area contributed by atoms with Crippen LogP contribution >= 0.6 is 11.8 Å². The summed E-state index contributed by atoms with van der Waals surface area (Å²) in [7, 11) is 0. The number of hydrogen-bond donors (Lipinski definition) is 0. The van der Waals surface area contributed by atoms with Crippen molar-refractivity contribution in [2.45, 2.75) is 26.4 Å². The highest BCUT2D eigenvalue weighted by atomic mass is 32.2. The molecule has 0 radical (unpaired) electrons. The minimum Gasteiger partial charge on any atom is -0.247 e. The van der Waals surface area contributed by atoms with Gasteiger partial charge in [0.2, 0.25) is 0 Å². The second kappa shape index (κ2) is 6.95. The van der Waals surface area contributed by atoms with Crippen molar-refractivity contribution in [2.75, 3.05) is 11.5 Å². The molecule has 0 rings (SSSR count). The van der Waals surface area contributed by atoms with E-state index in [1.807, 2.05) is 6.92 Å². The van der Waals surface area contributed by atoms with Gasteiger partial charge in [0.15, 0.2) is 0 Å². The van der Waals surface area contributed by atoms with Crippen LogP contribution in [0.3, 0.4) is 0 Å². The van der Waals surface area contributed by atoms with Crippen LogP contribution < -0.4 is 0 Å². The van der Waals surface area contributed by atoms with Gasteiger partial charge in [-0.15, -0.1) is 17.7 Å². The first-order chi connectivity index (χ1) is 4.81. The van der Waals surface area contributed by atoms with Crippen molar-refractivity contribution in [1.82, 2.24) is 0 Å². The number of hydrogen-bond acceptors (Lipinski definition) is 1. The van der Waals surface area contributed by atoms with E-state index in [4.69, 9.17) is 0 Å². The summed E-state index contributed by atoms with van der Waals surface area (Å²) < 4.78 is 12.5. The minimum absolute atomic E-state index is 0.588. The van der Waals surface area contributed by atoms with Crippen molar-refractivity contribution in [3.8, 4) is 11.8 Å². The quantitative estimate of drug-likeness (QED) is 0.450. The number of alkyl halides is 1. The lowest BCUT2D eigenvalue weighted by atomic mass is 10.3. The Bertz CT molecular complexity index is 123. The molecule has 0 N–H and O–H groups in total. The molecule has 1 unspecified atom stereocenters. The van der Waals surface area contributed by atoms with E-state index < -0.39 is 6.17 Å².